The largest absolute Gasteiger partial charge is 0.416 e. The molecule has 0 bridgehead atoms. The molecule has 4 rings (SSSR count). The van der Waals surface area contributed by atoms with Crippen LogP contribution in [0.4, 0.5) is 24.8 Å². The summed E-state index contributed by atoms with van der Waals surface area (Å²) in [6.07, 6.45) is -4.55. The number of fused-ring (bicyclic) bond motifs is 1. The van der Waals surface area contributed by atoms with Crippen LogP contribution in [0, 0.1) is 0 Å². The maximum Gasteiger partial charge on any atom is 0.416 e. The number of imidazole rings is 1. The molecule has 9 heteroatoms. The second-order valence-electron chi connectivity index (χ2n) is 7.56. The number of nitrogens with one attached hydrogen (secondary N) is 2. The van der Waals surface area contributed by atoms with Gasteiger partial charge in [0.1, 0.15) is 0 Å². The van der Waals surface area contributed by atoms with Crippen LogP contribution in [0.2, 0.25) is 0 Å². The van der Waals surface area contributed by atoms with Crippen LogP contribution in [0.5, 0.6) is 0 Å². The molecule has 0 spiro atoms. The van der Waals surface area contributed by atoms with Gasteiger partial charge in [-0.1, -0.05) is 18.2 Å². The summed E-state index contributed by atoms with van der Waals surface area (Å²) in [5.41, 5.74) is 2.83. The quantitative estimate of drug-likeness (QED) is 0.356. The third-order valence-electron chi connectivity index (χ3n) is 5.26. The summed E-state index contributed by atoms with van der Waals surface area (Å²) >= 11 is 0. The average Bonchev–Trinajstić information content (AvgIpc) is 3.19. The Balaban J connectivity index is 1.78. The fourth-order valence-corrected chi connectivity index (χ4v) is 3.59. The van der Waals surface area contributed by atoms with Gasteiger partial charge >= 0.3 is 6.18 Å². The molecular formula is C25H23F3N4O2. The highest BCUT2D eigenvalue weighted by Gasteiger charge is 2.31. The summed E-state index contributed by atoms with van der Waals surface area (Å²) in [6.45, 7) is 2.89. The van der Waals surface area contributed by atoms with Crippen LogP contribution in [0.3, 0.4) is 0 Å². The first-order chi connectivity index (χ1) is 16.3. The van der Waals surface area contributed by atoms with E-state index < -0.39 is 17.6 Å². The highest BCUT2D eigenvalue weighted by atomic mass is 19.4. The minimum absolute atomic E-state index is 0.116. The van der Waals surface area contributed by atoms with Crippen molar-refractivity contribution in [2.45, 2.75) is 19.7 Å². The van der Waals surface area contributed by atoms with Crippen molar-refractivity contribution in [1.82, 2.24) is 9.55 Å². The van der Waals surface area contributed by atoms with Crippen molar-refractivity contribution in [2.24, 2.45) is 0 Å². The van der Waals surface area contributed by atoms with E-state index in [1.165, 1.54) is 12.1 Å². The molecule has 3 aromatic carbocycles. The van der Waals surface area contributed by atoms with Gasteiger partial charge in [0.05, 0.1) is 28.9 Å². The van der Waals surface area contributed by atoms with Gasteiger partial charge < -0.3 is 10.1 Å². The highest BCUT2D eigenvalue weighted by Crippen LogP contribution is 2.31. The highest BCUT2D eigenvalue weighted by molar-refractivity contribution is 6.04. The van der Waals surface area contributed by atoms with Crippen LogP contribution in [-0.2, 0) is 17.5 Å². The monoisotopic (exact) mass is 468 g/mol. The van der Waals surface area contributed by atoms with Gasteiger partial charge in [0.2, 0.25) is 5.95 Å². The minimum atomic E-state index is -4.55. The summed E-state index contributed by atoms with van der Waals surface area (Å²) in [7, 11) is 1.79. The molecule has 0 aliphatic carbocycles. The number of hydrogen-bond acceptors (Lipinski definition) is 4. The lowest BCUT2D eigenvalue weighted by Crippen LogP contribution is -2.16. The molecule has 1 heterocycles. The third-order valence-corrected chi connectivity index (χ3v) is 5.26. The van der Waals surface area contributed by atoms with Crippen LogP contribution in [0.1, 0.15) is 28.4 Å². The average molecular weight is 468 g/mol. The van der Waals surface area contributed by atoms with Gasteiger partial charge in [0.25, 0.3) is 5.91 Å². The Morgan fingerprint density at radius 1 is 1.06 bits per heavy atom. The van der Waals surface area contributed by atoms with Gasteiger partial charge in [-0.05, 0) is 61.0 Å². The molecule has 0 radical (unpaired) electrons. The molecule has 0 saturated heterocycles. The van der Waals surface area contributed by atoms with Crippen molar-refractivity contribution in [3.8, 4) is 5.69 Å². The predicted molar refractivity (Wildman–Crippen MR) is 125 cm³/mol. The van der Waals surface area contributed by atoms with Gasteiger partial charge in [0.15, 0.2) is 0 Å². The second kappa shape index (κ2) is 9.56. The molecule has 34 heavy (non-hydrogen) atoms. The molecule has 176 valence electrons. The van der Waals surface area contributed by atoms with E-state index in [2.05, 4.69) is 15.6 Å². The molecule has 1 aromatic heterocycles. The lowest BCUT2D eigenvalue weighted by Gasteiger charge is -2.12. The zero-order chi connectivity index (χ0) is 24.3. The zero-order valence-corrected chi connectivity index (χ0v) is 18.6. The second-order valence-corrected chi connectivity index (χ2v) is 7.56. The number of hydrogen-bond donors (Lipinski definition) is 2. The number of alkyl halides is 3. The van der Waals surface area contributed by atoms with Crippen molar-refractivity contribution in [1.29, 1.82) is 0 Å². The minimum Gasteiger partial charge on any atom is -0.388 e. The van der Waals surface area contributed by atoms with Crippen LogP contribution in [0.15, 0.2) is 66.7 Å². The molecule has 4 aromatic rings. The Kier molecular flexibility index (Phi) is 6.56. The van der Waals surface area contributed by atoms with Gasteiger partial charge in [-0.15, -0.1) is 0 Å². The van der Waals surface area contributed by atoms with E-state index in [0.717, 1.165) is 34.6 Å². The van der Waals surface area contributed by atoms with E-state index >= 15 is 0 Å². The Morgan fingerprint density at radius 2 is 1.85 bits per heavy atom. The maximum absolute atomic E-state index is 13.1. The number of carbonyl (C=O) groups excluding carboxylic acids is 1. The third kappa shape index (κ3) is 4.89. The smallest absolute Gasteiger partial charge is 0.388 e. The zero-order valence-electron chi connectivity index (χ0n) is 18.6. The van der Waals surface area contributed by atoms with Crippen molar-refractivity contribution in [3.05, 3.63) is 83.4 Å². The van der Waals surface area contributed by atoms with E-state index in [1.807, 2.05) is 49.4 Å². The number of ether oxygens (including phenoxy) is 1. The lowest BCUT2D eigenvalue weighted by atomic mass is 10.1. The normalized spacial score (nSPS) is 11.6. The molecule has 0 saturated carbocycles. The molecule has 0 aliphatic heterocycles. The molecule has 2 N–H and O–H groups in total. The number of nitrogens with zero attached hydrogens (tertiary/aromatic N) is 2. The number of aromatic nitrogens is 2. The number of anilines is 2. The fourth-order valence-electron chi connectivity index (χ4n) is 3.59. The van der Waals surface area contributed by atoms with Crippen molar-refractivity contribution < 1.29 is 22.7 Å². The number of halogens is 3. The summed E-state index contributed by atoms with van der Waals surface area (Å²) in [5, 5.41) is 5.76. The van der Waals surface area contributed by atoms with E-state index in [4.69, 9.17) is 4.74 Å². The molecular weight excluding hydrogens is 445 g/mol. The molecule has 0 unspecified atom stereocenters. The van der Waals surface area contributed by atoms with E-state index in [9.17, 15) is 18.0 Å². The number of carbonyl (C=O) groups is 1. The number of rotatable bonds is 7. The maximum atomic E-state index is 13.1. The first-order valence-electron chi connectivity index (χ1n) is 10.7. The standard InChI is InChI=1S/C25H23F3N4O2/c1-3-34-15-16-10-11-22-21(12-16)30-24(32(22)20-9-5-8-19(14-20)29-2)31-23(33)17-6-4-7-18(13-17)25(26,27)28/h4-14,29H,3,15H2,1-2H3,(H,30,31,33). The number of amides is 1. The Labute approximate surface area is 194 Å². The topological polar surface area (TPSA) is 68.2 Å². The van der Waals surface area contributed by atoms with Gasteiger partial charge in [-0.25, -0.2) is 4.98 Å². The molecule has 0 fully saturated rings. The summed E-state index contributed by atoms with van der Waals surface area (Å²) in [5.74, 6) is -0.499. The van der Waals surface area contributed by atoms with Crippen molar-refractivity contribution >= 4 is 28.6 Å². The Hall–Kier alpha value is -3.85. The predicted octanol–water partition coefficient (Wildman–Crippen LogP) is 5.87. The Bertz CT molecular complexity index is 1330. The van der Waals surface area contributed by atoms with Crippen molar-refractivity contribution in [3.63, 3.8) is 0 Å². The lowest BCUT2D eigenvalue weighted by molar-refractivity contribution is -0.137. The van der Waals surface area contributed by atoms with Crippen molar-refractivity contribution in [2.75, 3.05) is 24.3 Å². The summed E-state index contributed by atoms with van der Waals surface area (Å²) < 4.78 is 46.6. The summed E-state index contributed by atoms with van der Waals surface area (Å²) in [6, 6.07) is 17.4. The molecule has 1 amide bonds. The Morgan fingerprint density at radius 3 is 2.59 bits per heavy atom. The van der Waals surface area contributed by atoms with Crippen LogP contribution >= 0.6 is 0 Å². The summed E-state index contributed by atoms with van der Waals surface area (Å²) in [4.78, 5) is 17.5. The van der Waals surface area contributed by atoms with Gasteiger partial charge in [0, 0.05) is 24.9 Å². The fraction of sp³-hybridized carbons (Fsp3) is 0.200. The van der Waals surface area contributed by atoms with Crippen LogP contribution in [-0.4, -0.2) is 29.1 Å². The van der Waals surface area contributed by atoms with Gasteiger partial charge in [-0.2, -0.15) is 13.2 Å². The van der Waals surface area contributed by atoms with E-state index in [1.54, 1.807) is 11.6 Å². The molecule has 6 nitrogen and oxygen atoms in total. The van der Waals surface area contributed by atoms with Crippen LogP contribution in [0.25, 0.3) is 16.7 Å². The molecule has 0 atom stereocenters. The van der Waals surface area contributed by atoms with Gasteiger partial charge in [-0.3, -0.25) is 14.7 Å². The molecule has 0 aliphatic rings. The van der Waals surface area contributed by atoms with Crippen LogP contribution < -0.4 is 10.6 Å². The van der Waals surface area contributed by atoms with E-state index in [0.29, 0.717) is 18.7 Å². The first-order valence-corrected chi connectivity index (χ1v) is 10.7. The first kappa shape index (κ1) is 23.3. The van der Waals surface area contributed by atoms with E-state index in [-0.39, 0.29) is 11.5 Å². The SMILES string of the molecule is CCOCc1ccc2c(c1)nc(NC(=O)c1cccc(C(F)(F)F)c1)n2-c1cccc(NC)c1. The number of benzene rings is 3.